The standard InChI is InChI=1S/C17H14Cl2N4O2/c1-10-20-16(25-23-10)8-11-4-2-3-5-15(11)22-17(24)21-12-6-7-13(18)14(19)9-12/h2-7,9H,8H2,1H3,(H2,21,22,24). The van der Waals surface area contributed by atoms with Gasteiger partial charge in [0.15, 0.2) is 5.82 Å². The summed E-state index contributed by atoms with van der Waals surface area (Å²) in [6, 6.07) is 11.9. The van der Waals surface area contributed by atoms with Crippen molar-refractivity contribution in [2.45, 2.75) is 13.3 Å². The van der Waals surface area contributed by atoms with Crippen LogP contribution in [0.1, 0.15) is 17.3 Å². The lowest BCUT2D eigenvalue weighted by Gasteiger charge is -2.11. The molecule has 0 atom stereocenters. The number of hydrogen-bond donors (Lipinski definition) is 2. The fourth-order valence-corrected chi connectivity index (χ4v) is 2.53. The van der Waals surface area contributed by atoms with Gasteiger partial charge in [0.2, 0.25) is 5.89 Å². The summed E-state index contributed by atoms with van der Waals surface area (Å²) in [7, 11) is 0. The molecule has 25 heavy (non-hydrogen) atoms. The van der Waals surface area contributed by atoms with Gasteiger partial charge in [0.05, 0.1) is 16.5 Å². The van der Waals surface area contributed by atoms with Crippen molar-refractivity contribution in [2.24, 2.45) is 0 Å². The van der Waals surface area contributed by atoms with Crippen molar-refractivity contribution < 1.29 is 9.32 Å². The number of carbonyl (C=O) groups is 1. The Bertz CT molecular complexity index is 911. The molecule has 0 bridgehead atoms. The van der Waals surface area contributed by atoms with E-state index < -0.39 is 6.03 Å². The molecule has 0 aliphatic rings. The first-order valence-electron chi connectivity index (χ1n) is 7.41. The van der Waals surface area contributed by atoms with Crippen LogP contribution >= 0.6 is 23.2 Å². The summed E-state index contributed by atoms with van der Waals surface area (Å²) in [5.74, 6) is 1.05. The highest BCUT2D eigenvalue weighted by atomic mass is 35.5. The molecule has 0 aliphatic heterocycles. The third-order valence-corrected chi connectivity index (χ3v) is 4.09. The van der Waals surface area contributed by atoms with Crippen molar-refractivity contribution in [3.8, 4) is 0 Å². The number of anilines is 2. The van der Waals surface area contributed by atoms with Crippen LogP contribution < -0.4 is 10.6 Å². The van der Waals surface area contributed by atoms with Crippen molar-refractivity contribution in [1.82, 2.24) is 10.1 Å². The van der Waals surface area contributed by atoms with Gasteiger partial charge in [-0.05, 0) is 36.8 Å². The zero-order valence-electron chi connectivity index (χ0n) is 13.2. The molecule has 2 N–H and O–H groups in total. The third kappa shape index (κ3) is 4.49. The average Bonchev–Trinajstić information content (AvgIpc) is 2.98. The lowest BCUT2D eigenvalue weighted by Crippen LogP contribution is -2.20. The molecule has 0 saturated carbocycles. The topological polar surface area (TPSA) is 80.0 Å². The van der Waals surface area contributed by atoms with Gasteiger partial charge in [-0.1, -0.05) is 46.6 Å². The summed E-state index contributed by atoms with van der Waals surface area (Å²) in [6.07, 6.45) is 0.421. The Labute approximate surface area is 154 Å². The molecule has 3 aromatic rings. The minimum absolute atomic E-state index is 0.367. The van der Waals surface area contributed by atoms with Crippen molar-refractivity contribution in [3.05, 3.63) is 69.8 Å². The predicted octanol–water partition coefficient (Wildman–Crippen LogP) is 4.92. The Hall–Kier alpha value is -2.57. The summed E-state index contributed by atoms with van der Waals surface area (Å²) in [4.78, 5) is 16.4. The number of urea groups is 1. The summed E-state index contributed by atoms with van der Waals surface area (Å²) < 4.78 is 5.13. The Balaban J connectivity index is 1.71. The van der Waals surface area contributed by atoms with E-state index in [-0.39, 0.29) is 0 Å². The molecule has 8 heteroatoms. The second-order valence-corrected chi connectivity index (χ2v) is 6.09. The van der Waals surface area contributed by atoms with Crippen molar-refractivity contribution >= 4 is 40.6 Å². The highest BCUT2D eigenvalue weighted by molar-refractivity contribution is 6.42. The smallest absolute Gasteiger partial charge is 0.323 e. The van der Waals surface area contributed by atoms with Crippen molar-refractivity contribution in [1.29, 1.82) is 0 Å². The minimum Gasteiger partial charge on any atom is -0.339 e. The molecule has 0 spiro atoms. The Morgan fingerprint density at radius 2 is 1.92 bits per heavy atom. The zero-order valence-corrected chi connectivity index (χ0v) is 14.7. The maximum Gasteiger partial charge on any atom is 0.323 e. The fourth-order valence-electron chi connectivity index (χ4n) is 2.23. The first-order chi connectivity index (χ1) is 12.0. The molecule has 2 amide bonds. The van der Waals surface area contributed by atoms with Crippen molar-refractivity contribution in [3.63, 3.8) is 0 Å². The molecule has 0 saturated heterocycles. The maximum absolute atomic E-state index is 12.2. The van der Waals surface area contributed by atoms with E-state index in [2.05, 4.69) is 20.8 Å². The number of hydrogen-bond acceptors (Lipinski definition) is 4. The molecule has 0 radical (unpaired) electrons. The van der Waals surface area contributed by atoms with Crippen LogP contribution in [0.2, 0.25) is 10.0 Å². The number of nitrogens with zero attached hydrogens (tertiary/aromatic N) is 2. The number of amides is 2. The molecule has 1 aromatic heterocycles. The van der Waals surface area contributed by atoms with E-state index in [0.717, 1.165) is 5.56 Å². The Morgan fingerprint density at radius 1 is 1.12 bits per heavy atom. The van der Waals surface area contributed by atoms with Gasteiger partial charge in [-0.3, -0.25) is 0 Å². The average molecular weight is 377 g/mol. The van der Waals surface area contributed by atoms with Crippen LogP contribution in [0.4, 0.5) is 16.2 Å². The van der Waals surface area contributed by atoms with Crippen LogP contribution in [0.3, 0.4) is 0 Å². The van der Waals surface area contributed by atoms with Gasteiger partial charge >= 0.3 is 6.03 Å². The van der Waals surface area contributed by atoms with E-state index in [4.69, 9.17) is 27.7 Å². The highest BCUT2D eigenvalue weighted by Crippen LogP contribution is 2.25. The second-order valence-electron chi connectivity index (χ2n) is 5.28. The SMILES string of the molecule is Cc1noc(Cc2ccccc2NC(=O)Nc2ccc(Cl)c(Cl)c2)n1. The molecular formula is C17H14Cl2N4O2. The number of halogens is 2. The largest absolute Gasteiger partial charge is 0.339 e. The van der Waals surface area contributed by atoms with Gasteiger partial charge in [0.1, 0.15) is 0 Å². The minimum atomic E-state index is -0.396. The molecule has 6 nitrogen and oxygen atoms in total. The van der Waals surface area contributed by atoms with Gasteiger partial charge in [-0.2, -0.15) is 4.98 Å². The highest BCUT2D eigenvalue weighted by Gasteiger charge is 2.11. The van der Waals surface area contributed by atoms with E-state index in [1.165, 1.54) is 0 Å². The van der Waals surface area contributed by atoms with E-state index >= 15 is 0 Å². The summed E-state index contributed by atoms with van der Waals surface area (Å²) in [5.41, 5.74) is 2.04. The summed E-state index contributed by atoms with van der Waals surface area (Å²) >= 11 is 11.8. The number of nitrogens with one attached hydrogen (secondary N) is 2. The molecule has 0 unspecified atom stereocenters. The van der Waals surface area contributed by atoms with Gasteiger partial charge in [0.25, 0.3) is 0 Å². The molecule has 0 aliphatic carbocycles. The van der Waals surface area contributed by atoms with Gasteiger partial charge in [0, 0.05) is 11.4 Å². The van der Waals surface area contributed by atoms with Crippen LogP contribution in [-0.4, -0.2) is 16.2 Å². The zero-order chi connectivity index (χ0) is 17.8. The normalized spacial score (nSPS) is 10.5. The van der Waals surface area contributed by atoms with Gasteiger partial charge in [-0.25, -0.2) is 4.79 Å². The van der Waals surface area contributed by atoms with E-state index in [0.29, 0.717) is 39.6 Å². The van der Waals surface area contributed by atoms with Crippen LogP contribution in [0.25, 0.3) is 0 Å². The number of para-hydroxylation sites is 1. The molecule has 0 fully saturated rings. The molecule has 3 rings (SSSR count). The third-order valence-electron chi connectivity index (χ3n) is 3.35. The number of rotatable bonds is 4. The second kappa shape index (κ2) is 7.55. The van der Waals surface area contributed by atoms with Gasteiger partial charge in [-0.15, -0.1) is 0 Å². The molecule has 1 heterocycles. The van der Waals surface area contributed by atoms with Crippen LogP contribution in [0.5, 0.6) is 0 Å². The van der Waals surface area contributed by atoms with Gasteiger partial charge < -0.3 is 15.2 Å². The Morgan fingerprint density at radius 3 is 2.64 bits per heavy atom. The lowest BCUT2D eigenvalue weighted by molar-refractivity contribution is 0.262. The molecule has 128 valence electrons. The first kappa shape index (κ1) is 17.3. The monoisotopic (exact) mass is 376 g/mol. The summed E-state index contributed by atoms with van der Waals surface area (Å²) in [6.45, 7) is 1.75. The van der Waals surface area contributed by atoms with Crippen LogP contribution in [0, 0.1) is 6.92 Å². The van der Waals surface area contributed by atoms with Crippen LogP contribution in [-0.2, 0) is 6.42 Å². The van der Waals surface area contributed by atoms with Crippen LogP contribution in [0.15, 0.2) is 47.0 Å². The number of aromatic nitrogens is 2. The lowest BCUT2D eigenvalue weighted by atomic mass is 10.1. The maximum atomic E-state index is 12.2. The summed E-state index contributed by atoms with van der Waals surface area (Å²) in [5, 5.41) is 10.1. The number of benzene rings is 2. The van der Waals surface area contributed by atoms with Crippen molar-refractivity contribution in [2.75, 3.05) is 10.6 Å². The first-order valence-corrected chi connectivity index (χ1v) is 8.17. The fraction of sp³-hybridized carbons (Fsp3) is 0.118. The number of carbonyl (C=O) groups excluding carboxylic acids is 1. The predicted molar refractivity (Wildman–Crippen MR) is 97.4 cm³/mol. The quantitative estimate of drug-likeness (QED) is 0.676. The van der Waals surface area contributed by atoms with E-state index in [9.17, 15) is 4.79 Å². The molecule has 2 aromatic carbocycles. The molecular weight excluding hydrogens is 363 g/mol. The number of aryl methyl sites for hydroxylation is 1. The van der Waals surface area contributed by atoms with E-state index in [1.807, 2.05) is 18.2 Å². The Kier molecular flexibility index (Phi) is 5.21. The van der Waals surface area contributed by atoms with E-state index in [1.54, 1.807) is 31.2 Å².